The van der Waals surface area contributed by atoms with E-state index in [9.17, 15) is 4.79 Å². The van der Waals surface area contributed by atoms with Gasteiger partial charge in [0, 0.05) is 22.3 Å². The van der Waals surface area contributed by atoms with Crippen LogP contribution in [0.5, 0.6) is 0 Å². The summed E-state index contributed by atoms with van der Waals surface area (Å²) in [6.07, 6.45) is 1.63. The number of hydrogen-bond acceptors (Lipinski definition) is 3. The predicted octanol–water partition coefficient (Wildman–Crippen LogP) is 1.68. The number of aromatic nitrogens is 2. The standard InChI is InChI=1S/C9H10N2OS/c1-5-4-10-9-11(8(5)12)6(2)7(3)13-9/h4H,1-3H3. The third kappa shape index (κ3) is 1.09. The van der Waals surface area contributed by atoms with Crippen LogP contribution in [0.25, 0.3) is 4.96 Å². The molecule has 13 heavy (non-hydrogen) atoms. The van der Waals surface area contributed by atoms with Gasteiger partial charge in [0.05, 0.1) is 0 Å². The molecule has 0 aliphatic heterocycles. The lowest BCUT2D eigenvalue weighted by Gasteiger charge is -1.95. The van der Waals surface area contributed by atoms with Crippen molar-refractivity contribution in [1.29, 1.82) is 0 Å². The van der Waals surface area contributed by atoms with Gasteiger partial charge in [-0.2, -0.15) is 0 Å². The van der Waals surface area contributed by atoms with Crippen molar-refractivity contribution >= 4 is 16.3 Å². The molecule has 0 spiro atoms. The quantitative estimate of drug-likeness (QED) is 0.639. The van der Waals surface area contributed by atoms with Crippen molar-refractivity contribution < 1.29 is 0 Å². The van der Waals surface area contributed by atoms with Crippen molar-refractivity contribution in [2.45, 2.75) is 20.8 Å². The molecule has 0 atom stereocenters. The van der Waals surface area contributed by atoms with Gasteiger partial charge in [0.1, 0.15) is 0 Å². The van der Waals surface area contributed by atoms with Crippen molar-refractivity contribution in [3.05, 3.63) is 32.7 Å². The third-order valence-electron chi connectivity index (χ3n) is 2.19. The number of hydrogen-bond donors (Lipinski definition) is 0. The van der Waals surface area contributed by atoms with E-state index in [0.717, 1.165) is 15.5 Å². The maximum absolute atomic E-state index is 11.7. The lowest BCUT2D eigenvalue weighted by molar-refractivity contribution is 0.989. The SMILES string of the molecule is Cc1sc2ncc(C)c(=O)n2c1C. The molecular formula is C9H10N2OS. The predicted molar refractivity (Wildman–Crippen MR) is 53.6 cm³/mol. The molecule has 2 heterocycles. The summed E-state index contributed by atoms with van der Waals surface area (Å²) >= 11 is 1.55. The molecule has 0 saturated heterocycles. The molecule has 0 unspecified atom stereocenters. The van der Waals surface area contributed by atoms with Crippen LogP contribution in [-0.4, -0.2) is 9.38 Å². The molecule has 2 rings (SSSR count). The zero-order valence-corrected chi connectivity index (χ0v) is 8.60. The molecule has 0 fully saturated rings. The summed E-state index contributed by atoms with van der Waals surface area (Å²) in [5.74, 6) is 0. The molecule has 3 nitrogen and oxygen atoms in total. The summed E-state index contributed by atoms with van der Waals surface area (Å²) < 4.78 is 1.68. The van der Waals surface area contributed by atoms with Crippen LogP contribution in [0.4, 0.5) is 0 Å². The van der Waals surface area contributed by atoms with Crippen LogP contribution in [0.3, 0.4) is 0 Å². The molecule has 4 heteroatoms. The minimum absolute atomic E-state index is 0.0480. The second kappa shape index (κ2) is 2.67. The molecule has 0 aliphatic carbocycles. The van der Waals surface area contributed by atoms with E-state index < -0.39 is 0 Å². The first-order valence-electron chi connectivity index (χ1n) is 4.05. The first kappa shape index (κ1) is 8.44. The zero-order chi connectivity index (χ0) is 9.59. The van der Waals surface area contributed by atoms with E-state index in [-0.39, 0.29) is 5.56 Å². The highest BCUT2D eigenvalue weighted by molar-refractivity contribution is 7.17. The molecule has 0 N–H and O–H groups in total. The largest absolute Gasteiger partial charge is 0.269 e. The average molecular weight is 194 g/mol. The maximum Gasteiger partial charge on any atom is 0.261 e. The summed E-state index contributed by atoms with van der Waals surface area (Å²) in [6, 6.07) is 0. The highest BCUT2D eigenvalue weighted by Gasteiger charge is 2.08. The van der Waals surface area contributed by atoms with E-state index >= 15 is 0 Å². The molecule has 0 bridgehead atoms. The molecule has 0 amide bonds. The molecule has 2 aromatic rings. The van der Waals surface area contributed by atoms with Crippen molar-refractivity contribution in [3.8, 4) is 0 Å². The topological polar surface area (TPSA) is 34.4 Å². The zero-order valence-electron chi connectivity index (χ0n) is 7.79. The lowest BCUT2D eigenvalue weighted by Crippen LogP contribution is -2.16. The average Bonchev–Trinajstić information content (AvgIpc) is 2.37. The molecule has 0 aromatic carbocycles. The summed E-state index contributed by atoms with van der Waals surface area (Å²) in [7, 11) is 0. The van der Waals surface area contributed by atoms with Crippen molar-refractivity contribution in [1.82, 2.24) is 9.38 Å². The van der Waals surface area contributed by atoms with E-state index in [1.54, 1.807) is 28.9 Å². The van der Waals surface area contributed by atoms with Crippen LogP contribution >= 0.6 is 11.3 Å². The Kier molecular flexibility index (Phi) is 1.73. The number of rotatable bonds is 0. The Bertz CT molecular complexity index is 524. The third-order valence-corrected chi connectivity index (χ3v) is 3.26. The molecule has 0 saturated carbocycles. The molecular weight excluding hydrogens is 184 g/mol. The fraction of sp³-hybridized carbons (Fsp3) is 0.333. The van der Waals surface area contributed by atoms with Gasteiger partial charge in [0.15, 0.2) is 4.96 Å². The minimum Gasteiger partial charge on any atom is -0.269 e. The van der Waals surface area contributed by atoms with Gasteiger partial charge in [-0.25, -0.2) is 4.98 Å². The summed E-state index contributed by atoms with van der Waals surface area (Å²) in [5.41, 5.74) is 1.74. The first-order valence-corrected chi connectivity index (χ1v) is 4.87. The second-order valence-corrected chi connectivity index (χ2v) is 4.29. The Hall–Kier alpha value is -1.16. The van der Waals surface area contributed by atoms with Gasteiger partial charge in [-0.05, 0) is 20.8 Å². The summed E-state index contributed by atoms with van der Waals surface area (Å²) in [6.45, 7) is 5.74. The normalized spacial score (nSPS) is 11.0. The van der Waals surface area contributed by atoms with Crippen LogP contribution in [0.1, 0.15) is 16.1 Å². The number of aryl methyl sites for hydroxylation is 3. The highest BCUT2D eigenvalue weighted by Crippen LogP contribution is 2.17. The van der Waals surface area contributed by atoms with Crippen LogP contribution in [-0.2, 0) is 0 Å². The van der Waals surface area contributed by atoms with Crippen LogP contribution in [0.2, 0.25) is 0 Å². The number of thiazole rings is 1. The van der Waals surface area contributed by atoms with Gasteiger partial charge in [0.25, 0.3) is 5.56 Å². The van der Waals surface area contributed by atoms with E-state index in [4.69, 9.17) is 0 Å². The Morgan fingerprint density at radius 3 is 2.77 bits per heavy atom. The smallest absolute Gasteiger partial charge is 0.261 e. The highest BCUT2D eigenvalue weighted by atomic mass is 32.1. The van der Waals surface area contributed by atoms with Gasteiger partial charge in [0.2, 0.25) is 0 Å². The molecule has 0 radical (unpaired) electrons. The molecule has 2 aromatic heterocycles. The van der Waals surface area contributed by atoms with E-state index in [0.29, 0.717) is 5.56 Å². The van der Waals surface area contributed by atoms with Crippen LogP contribution in [0, 0.1) is 20.8 Å². The van der Waals surface area contributed by atoms with Gasteiger partial charge in [-0.15, -0.1) is 11.3 Å². The van der Waals surface area contributed by atoms with Crippen LogP contribution in [0.15, 0.2) is 11.0 Å². The maximum atomic E-state index is 11.7. The van der Waals surface area contributed by atoms with Crippen molar-refractivity contribution in [2.75, 3.05) is 0 Å². The number of nitrogens with zero attached hydrogens (tertiary/aromatic N) is 2. The van der Waals surface area contributed by atoms with Gasteiger partial charge >= 0.3 is 0 Å². The van der Waals surface area contributed by atoms with Crippen molar-refractivity contribution in [2.24, 2.45) is 0 Å². The van der Waals surface area contributed by atoms with Gasteiger partial charge in [-0.3, -0.25) is 9.20 Å². The Morgan fingerprint density at radius 2 is 2.08 bits per heavy atom. The second-order valence-electron chi connectivity index (χ2n) is 3.11. The van der Waals surface area contributed by atoms with Crippen molar-refractivity contribution in [3.63, 3.8) is 0 Å². The Balaban J connectivity index is 3.06. The van der Waals surface area contributed by atoms with E-state index in [1.807, 2.05) is 13.8 Å². The fourth-order valence-corrected chi connectivity index (χ4v) is 2.19. The first-order chi connectivity index (χ1) is 6.11. The Morgan fingerprint density at radius 1 is 1.38 bits per heavy atom. The molecule has 0 aliphatic rings. The van der Waals surface area contributed by atoms with E-state index in [2.05, 4.69) is 4.98 Å². The number of fused-ring (bicyclic) bond motifs is 1. The van der Waals surface area contributed by atoms with E-state index in [1.165, 1.54) is 0 Å². The van der Waals surface area contributed by atoms with Crippen LogP contribution < -0.4 is 5.56 Å². The minimum atomic E-state index is 0.0480. The summed E-state index contributed by atoms with van der Waals surface area (Å²) in [5, 5.41) is 0. The van der Waals surface area contributed by atoms with Gasteiger partial charge in [-0.1, -0.05) is 0 Å². The lowest BCUT2D eigenvalue weighted by atomic mass is 10.3. The monoisotopic (exact) mass is 194 g/mol. The molecule has 68 valence electrons. The Labute approximate surface area is 79.7 Å². The fourth-order valence-electron chi connectivity index (χ4n) is 1.26. The van der Waals surface area contributed by atoms with Gasteiger partial charge < -0.3 is 0 Å². The summed E-state index contributed by atoms with van der Waals surface area (Å²) in [4.78, 5) is 17.8.